The first-order valence-electron chi connectivity index (χ1n) is 6.12. The van der Waals surface area contributed by atoms with Crippen molar-refractivity contribution in [3.63, 3.8) is 0 Å². The maximum atomic E-state index is 7.62. The van der Waals surface area contributed by atoms with E-state index >= 15 is 0 Å². The van der Waals surface area contributed by atoms with Gasteiger partial charge in [0.2, 0.25) is 0 Å². The zero-order valence-corrected chi connectivity index (χ0v) is 12.4. The van der Waals surface area contributed by atoms with Crippen LogP contribution < -0.4 is 11.1 Å². The summed E-state index contributed by atoms with van der Waals surface area (Å²) in [7, 11) is 0. The molecular weight excluding hydrogens is 258 g/mol. The third-order valence-corrected chi connectivity index (χ3v) is 2.71. The van der Waals surface area contributed by atoms with Crippen LogP contribution >= 0.6 is 12.2 Å². The van der Waals surface area contributed by atoms with E-state index in [1.807, 2.05) is 32.9 Å². The summed E-state index contributed by atoms with van der Waals surface area (Å²) in [5, 5.41) is 11.3. The lowest BCUT2D eigenvalue weighted by atomic mass is 10.1. The molecule has 0 aliphatic heterocycles. The molecule has 0 spiro atoms. The molecule has 0 amide bonds. The molecular formula is C13H21N5S. The van der Waals surface area contributed by atoms with Crippen LogP contribution in [0.2, 0.25) is 0 Å². The number of nitrogens with two attached hydrogens (primary N) is 1. The van der Waals surface area contributed by atoms with Crippen molar-refractivity contribution >= 4 is 23.3 Å². The summed E-state index contributed by atoms with van der Waals surface area (Å²) in [5.74, 6) is -0.0455. The highest BCUT2D eigenvalue weighted by atomic mass is 32.1. The number of nitrogens with zero attached hydrogens (tertiary/aromatic N) is 2. The van der Waals surface area contributed by atoms with Gasteiger partial charge in [-0.05, 0) is 57.1 Å². The van der Waals surface area contributed by atoms with E-state index < -0.39 is 0 Å². The fraction of sp³-hybridized carbons (Fsp3) is 0.462. The topological polar surface area (TPSA) is 78.0 Å². The molecule has 0 aromatic carbocycles. The van der Waals surface area contributed by atoms with Crippen LogP contribution in [0.5, 0.6) is 0 Å². The molecule has 1 rings (SSSR count). The molecule has 19 heavy (non-hydrogen) atoms. The van der Waals surface area contributed by atoms with Gasteiger partial charge in [-0.1, -0.05) is 0 Å². The van der Waals surface area contributed by atoms with E-state index in [4.69, 9.17) is 23.4 Å². The first-order chi connectivity index (χ1) is 8.79. The van der Waals surface area contributed by atoms with Crippen LogP contribution in [0.25, 0.3) is 0 Å². The highest BCUT2D eigenvalue weighted by Gasteiger charge is 2.18. The minimum atomic E-state index is -0.151. The van der Waals surface area contributed by atoms with Gasteiger partial charge in [0.15, 0.2) is 11.1 Å². The van der Waals surface area contributed by atoms with Crippen molar-refractivity contribution < 1.29 is 0 Å². The van der Waals surface area contributed by atoms with Crippen LogP contribution in [0.15, 0.2) is 24.5 Å². The number of pyridine rings is 1. The third-order valence-electron chi connectivity index (χ3n) is 2.39. The minimum Gasteiger partial charge on any atom is -0.370 e. The van der Waals surface area contributed by atoms with Crippen molar-refractivity contribution in [1.29, 1.82) is 5.41 Å². The average Bonchev–Trinajstić information content (AvgIpc) is 2.27. The molecule has 5 nitrogen and oxygen atoms in total. The van der Waals surface area contributed by atoms with E-state index in [-0.39, 0.29) is 11.5 Å². The van der Waals surface area contributed by atoms with Crippen molar-refractivity contribution in [2.24, 2.45) is 5.73 Å². The zero-order valence-electron chi connectivity index (χ0n) is 11.6. The molecule has 1 heterocycles. The molecule has 104 valence electrons. The predicted molar refractivity (Wildman–Crippen MR) is 82.0 cm³/mol. The predicted octanol–water partition coefficient (Wildman–Crippen LogP) is 1.49. The van der Waals surface area contributed by atoms with Crippen molar-refractivity contribution in [3.05, 3.63) is 30.1 Å². The number of guanidine groups is 1. The number of hydrogen-bond donors (Lipinski definition) is 3. The van der Waals surface area contributed by atoms with Crippen LogP contribution in [-0.2, 0) is 6.42 Å². The van der Waals surface area contributed by atoms with E-state index in [1.54, 1.807) is 17.3 Å². The zero-order chi connectivity index (χ0) is 14.5. The number of rotatable bonds is 3. The number of nitrogens with one attached hydrogen (secondary N) is 2. The molecule has 0 saturated carbocycles. The monoisotopic (exact) mass is 279 g/mol. The Labute approximate surface area is 119 Å². The molecule has 1 aromatic heterocycles. The van der Waals surface area contributed by atoms with E-state index in [1.165, 1.54) is 0 Å². The summed E-state index contributed by atoms with van der Waals surface area (Å²) in [6.45, 7) is 6.61. The molecule has 6 heteroatoms. The van der Waals surface area contributed by atoms with Crippen LogP contribution in [0.4, 0.5) is 0 Å². The Morgan fingerprint density at radius 2 is 2.00 bits per heavy atom. The Kier molecular flexibility index (Phi) is 5.23. The lowest BCUT2D eigenvalue weighted by molar-refractivity contribution is 0.475. The van der Waals surface area contributed by atoms with Crippen LogP contribution in [0.3, 0.4) is 0 Å². The lowest BCUT2D eigenvalue weighted by Gasteiger charge is -2.30. The molecule has 0 saturated heterocycles. The molecule has 0 aliphatic rings. The summed E-state index contributed by atoms with van der Waals surface area (Å²) in [4.78, 5) is 5.57. The van der Waals surface area contributed by atoms with Gasteiger partial charge in [-0.3, -0.25) is 15.3 Å². The van der Waals surface area contributed by atoms with E-state index in [2.05, 4.69) is 10.3 Å². The molecule has 1 aromatic rings. The maximum Gasteiger partial charge on any atom is 0.194 e. The number of thiocarbonyl (C=S) groups is 1. The third kappa shape index (κ3) is 5.65. The highest BCUT2D eigenvalue weighted by molar-refractivity contribution is 7.80. The van der Waals surface area contributed by atoms with Gasteiger partial charge in [-0.25, -0.2) is 0 Å². The molecule has 0 aliphatic carbocycles. The van der Waals surface area contributed by atoms with Crippen molar-refractivity contribution in [2.45, 2.75) is 32.7 Å². The fourth-order valence-electron chi connectivity index (χ4n) is 1.51. The Morgan fingerprint density at radius 1 is 1.42 bits per heavy atom. The summed E-state index contributed by atoms with van der Waals surface area (Å²) in [5.41, 5.74) is 6.58. The van der Waals surface area contributed by atoms with Gasteiger partial charge in [0.05, 0.1) is 0 Å². The normalized spacial score (nSPS) is 10.9. The summed E-state index contributed by atoms with van der Waals surface area (Å²) < 4.78 is 0. The second-order valence-corrected chi connectivity index (χ2v) is 5.71. The highest BCUT2D eigenvalue weighted by Crippen LogP contribution is 2.04. The van der Waals surface area contributed by atoms with Crippen molar-refractivity contribution in [2.75, 3.05) is 6.54 Å². The molecule has 0 bridgehead atoms. The summed E-state index contributed by atoms with van der Waals surface area (Å²) in [6.07, 6.45) is 4.26. The first-order valence-corrected chi connectivity index (χ1v) is 6.53. The number of hydrogen-bond acceptors (Lipinski definition) is 3. The fourth-order valence-corrected chi connectivity index (χ4v) is 2.01. The Hall–Kier alpha value is -1.69. The van der Waals surface area contributed by atoms with Gasteiger partial charge in [-0.15, -0.1) is 0 Å². The average molecular weight is 279 g/mol. The Morgan fingerprint density at radius 3 is 2.47 bits per heavy atom. The summed E-state index contributed by atoms with van der Waals surface area (Å²) >= 11 is 5.30. The Balaban J connectivity index is 2.64. The first kappa shape index (κ1) is 15.4. The SMILES string of the molecule is CC(C)(C)NC(=S)N(CCc1ccncc1)C(=N)N. The Bertz CT molecular complexity index is 438. The van der Waals surface area contributed by atoms with E-state index in [9.17, 15) is 0 Å². The van der Waals surface area contributed by atoms with Gasteiger partial charge in [-0.2, -0.15) is 0 Å². The smallest absolute Gasteiger partial charge is 0.194 e. The minimum absolute atomic E-state index is 0.0455. The van der Waals surface area contributed by atoms with Gasteiger partial charge >= 0.3 is 0 Å². The molecule has 0 radical (unpaired) electrons. The molecule has 4 N–H and O–H groups in total. The summed E-state index contributed by atoms with van der Waals surface area (Å²) in [6, 6.07) is 3.89. The standard InChI is InChI=1S/C13H21N5S/c1-13(2,3)17-12(19)18(11(14)15)9-6-10-4-7-16-8-5-10/h4-5,7-8H,6,9H2,1-3H3,(H3,14,15)(H,17,19). The van der Waals surface area contributed by atoms with E-state index in [0.29, 0.717) is 11.7 Å². The van der Waals surface area contributed by atoms with Crippen LogP contribution in [-0.4, -0.2) is 33.0 Å². The second-order valence-electron chi connectivity index (χ2n) is 5.32. The quantitative estimate of drug-likeness (QED) is 0.444. The van der Waals surface area contributed by atoms with Gasteiger partial charge in [0.25, 0.3) is 0 Å². The lowest BCUT2D eigenvalue weighted by Crippen LogP contribution is -2.52. The van der Waals surface area contributed by atoms with Gasteiger partial charge in [0, 0.05) is 24.5 Å². The largest absolute Gasteiger partial charge is 0.370 e. The van der Waals surface area contributed by atoms with Crippen LogP contribution in [0, 0.1) is 5.41 Å². The second kappa shape index (κ2) is 6.47. The van der Waals surface area contributed by atoms with Crippen molar-refractivity contribution in [1.82, 2.24) is 15.2 Å². The maximum absolute atomic E-state index is 7.62. The molecule has 0 atom stereocenters. The van der Waals surface area contributed by atoms with Crippen LogP contribution in [0.1, 0.15) is 26.3 Å². The van der Waals surface area contributed by atoms with Gasteiger partial charge < -0.3 is 11.1 Å². The molecule has 0 unspecified atom stereocenters. The molecule has 0 fully saturated rings. The van der Waals surface area contributed by atoms with Crippen molar-refractivity contribution in [3.8, 4) is 0 Å². The number of aromatic nitrogens is 1. The van der Waals surface area contributed by atoms with E-state index in [0.717, 1.165) is 12.0 Å². The van der Waals surface area contributed by atoms with Gasteiger partial charge in [0.1, 0.15) is 0 Å².